The van der Waals surface area contributed by atoms with Crippen molar-refractivity contribution in [2.45, 2.75) is 38.0 Å². The van der Waals surface area contributed by atoms with E-state index in [2.05, 4.69) is 5.32 Å². The van der Waals surface area contributed by atoms with Crippen LogP contribution in [0.15, 0.2) is 30.3 Å². The molecule has 0 bridgehead atoms. The highest BCUT2D eigenvalue weighted by Crippen LogP contribution is 2.26. The van der Waals surface area contributed by atoms with E-state index in [-0.39, 0.29) is 19.1 Å². The van der Waals surface area contributed by atoms with Crippen molar-refractivity contribution in [2.24, 2.45) is 5.92 Å². The molecule has 1 amide bonds. The molecule has 6 nitrogen and oxygen atoms in total. The Balaban J connectivity index is 1.87. The zero-order valence-electron chi connectivity index (χ0n) is 12.5. The maximum atomic E-state index is 11.9. The van der Waals surface area contributed by atoms with Crippen LogP contribution in [0.2, 0.25) is 0 Å². The standard InChI is InChI=1S/C16H21NO5/c1-21-15(19)13-9-12(18)7-8-14(13)17-16(20)22-10-11-5-3-2-4-6-11/h2-6,12-14,18H,7-10H2,1H3,(H,17,20). The largest absolute Gasteiger partial charge is 0.469 e. The van der Waals surface area contributed by atoms with Crippen LogP contribution in [-0.4, -0.2) is 36.4 Å². The maximum absolute atomic E-state index is 11.9. The Hall–Kier alpha value is -2.08. The molecule has 1 fully saturated rings. The lowest BCUT2D eigenvalue weighted by Crippen LogP contribution is -2.48. The molecule has 3 unspecified atom stereocenters. The molecule has 1 aromatic rings. The molecule has 1 aromatic carbocycles. The average molecular weight is 307 g/mol. The number of methoxy groups -OCH3 is 1. The normalized spacial score (nSPS) is 24.4. The Kier molecular flexibility index (Phi) is 5.77. The summed E-state index contributed by atoms with van der Waals surface area (Å²) in [7, 11) is 1.30. The van der Waals surface area contributed by atoms with Crippen molar-refractivity contribution in [2.75, 3.05) is 7.11 Å². The first kappa shape index (κ1) is 16.3. The van der Waals surface area contributed by atoms with E-state index in [4.69, 9.17) is 9.47 Å². The Bertz CT molecular complexity index is 505. The summed E-state index contributed by atoms with van der Waals surface area (Å²) in [6.45, 7) is 0.172. The minimum atomic E-state index is -0.570. The van der Waals surface area contributed by atoms with Gasteiger partial charge in [0, 0.05) is 6.04 Å². The summed E-state index contributed by atoms with van der Waals surface area (Å²) in [6.07, 6.45) is 0.232. The topological polar surface area (TPSA) is 84.9 Å². The van der Waals surface area contributed by atoms with Crippen LogP contribution in [0.25, 0.3) is 0 Å². The summed E-state index contributed by atoms with van der Waals surface area (Å²) in [6, 6.07) is 8.97. The van der Waals surface area contributed by atoms with Gasteiger partial charge in [0.2, 0.25) is 0 Å². The highest BCUT2D eigenvalue weighted by molar-refractivity contribution is 5.75. The fourth-order valence-corrected chi connectivity index (χ4v) is 2.65. The number of benzene rings is 1. The molecule has 2 N–H and O–H groups in total. The van der Waals surface area contributed by atoms with E-state index in [1.807, 2.05) is 30.3 Å². The number of carbonyl (C=O) groups is 2. The third-order valence-corrected chi connectivity index (χ3v) is 3.84. The molecule has 1 aliphatic carbocycles. The number of carbonyl (C=O) groups excluding carboxylic acids is 2. The van der Waals surface area contributed by atoms with Crippen molar-refractivity contribution in [3.63, 3.8) is 0 Å². The number of alkyl carbamates (subject to hydrolysis) is 1. The van der Waals surface area contributed by atoms with E-state index in [1.54, 1.807) is 0 Å². The fraction of sp³-hybridized carbons (Fsp3) is 0.500. The molecule has 1 saturated carbocycles. The zero-order valence-corrected chi connectivity index (χ0v) is 12.5. The Morgan fingerprint density at radius 1 is 1.27 bits per heavy atom. The van der Waals surface area contributed by atoms with Crippen molar-refractivity contribution >= 4 is 12.1 Å². The van der Waals surface area contributed by atoms with Gasteiger partial charge in [0.1, 0.15) is 6.61 Å². The van der Waals surface area contributed by atoms with Crippen LogP contribution in [0.3, 0.4) is 0 Å². The van der Waals surface area contributed by atoms with Crippen molar-refractivity contribution < 1.29 is 24.2 Å². The van der Waals surface area contributed by atoms with Crippen molar-refractivity contribution in [1.29, 1.82) is 0 Å². The van der Waals surface area contributed by atoms with Gasteiger partial charge in [-0.05, 0) is 24.8 Å². The number of amides is 1. The molecule has 120 valence electrons. The second-order valence-electron chi connectivity index (χ2n) is 5.41. The minimum absolute atomic E-state index is 0.172. The summed E-state index contributed by atoms with van der Waals surface area (Å²) in [5.74, 6) is -0.967. The third-order valence-electron chi connectivity index (χ3n) is 3.84. The Morgan fingerprint density at radius 3 is 2.68 bits per heavy atom. The fourth-order valence-electron chi connectivity index (χ4n) is 2.65. The summed E-state index contributed by atoms with van der Waals surface area (Å²) in [5.41, 5.74) is 0.890. The number of hydrogen-bond donors (Lipinski definition) is 2. The first-order valence-corrected chi connectivity index (χ1v) is 7.33. The molecular formula is C16H21NO5. The highest BCUT2D eigenvalue weighted by atomic mass is 16.5. The number of ether oxygens (including phenoxy) is 2. The van der Waals surface area contributed by atoms with E-state index in [0.717, 1.165) is 5.56 Å². The number of nitrogens with one attached hydrogen (secondary N) is 1. The lowest BCUT2D eigenvalue weighted by atomic mass is 9.83. The predicted molar refractivity (Wildman–Crippen MR) is 78.9 cm³/mol. The third kappa shape index (κ3) is 4.46. The monoisotopic (exact) mass is 307 g/mol. The van der Waals surface area contributed by atoms with Crippen LogP contribution < -0.4 is 5.32 Å². The lowest BCUT2D eigenvalue weighted by Gasteiger charge is -2.32. The van der Waals surface area contributed by atoms with Crippen LogP contribution in [0, 0.1) is 5.92 Å². The van der Waals surface area contributed by atoms with Gasteiger partial charge < -0.3 is 19.9 Å². The van der Waals surface area contributed by atoms with Gasteiger partial charge in [-0.15, -0.1) is 0 Å². The van der Waals surface area contributed by atoms with Crippen molar-refractivity contribution in [1.82, 2.24) is 5.32 Å². The first-order chi connectivity index (χ1) is 10.6. The summed E-state index contributed by atoms with van der Waals surface area (Å²) < 4.78 is 9.89. The molecule has 2 rings (SSSR count). The molecule has 3 atom stereocenters. The van der Waals surface area contributed by atoms with Gasteiger partial charge in [-0.3, -0.25) is 4.79 Å². The van der Waals surface area contributed by atoms with Crippen LogP contribution in [-0.2, 0) is 20.9 Å². The number of aliphatic hydroxyl groups is 1. The molecule has 0 saturated heterocycles. The van der Waals surface area contributed by atoms with Gasteiger partial charge in [0.25, 0.3) is 0 Å². The van der Waals surface area contributed by atoms with E-state index in [1.165, 1.54) is 7.11 Å². The minimum Gasteiger partial charge on any atom is -0.469 e. The van der Waals surface area contributed by atoms with Gasteiger partial charge in [0.05, 0.1) is 19.1 Å². The predicted octanol–water partition coefficient (Wildman–Crippen LogP) is 1.62. The molecule has 0 aromatic heterocycles. The molecule has 0 aliphatic heterocycles. The van der Waals surface area contributed by atoms with Gasteiger partial charge in [-0.2, -0.15) is 0 Å². The molecule has 6 heteroatoms. The van der Waals surface area contributed by atoms with Crippen LogP contribution in [0.5, 0.6) is 0 Å². The van der Waals surface area contributed by atoms with E-state index in [9.17, 15) is 14.7 Å². The van der Waals surface area contributed by atoms with E-state index in [0.29, 0.717) is 12.8 Å². The number of esters is 1. The summed E-state index contributed by atoms with van der Waals surface area (Å²) >= 11 is 0. The van der Waals surface area contributed by atoms with Crippen molar-refractivity contribution in [3.05, 3.63) is 35.9 Å². The molecule has 1 aliphatic rings. The number of hydrogen-bond acceptors (Lipinski definition) is 5. The number of aliphatic hydroxyl groups excluding tert-OH is 1. The summed E-state index contributed by atoms with van der Waals surface area (Å²) in [4.78, 5) is 23.6. The van der Waals surface area contributed by atoms with E-state index < -0.39 is 24.1 Å². The molecule has 0 spiro atoms. The Morgan fingerprint density at radius 2 is 2.00 bits per heavy atom. The zero-order chi connectivity index (χ0) is 15.9. The van der Waals surface area contributed by atoms with Crippen LogP contribution in [0.4, 0.5) is 4.79 Å². The number of rotatable bonds is 4. The lowest BCUT2D eigenvalue weighted by molar-refractivity contribution is -0.149. The molecule has 0 heterocycles. The van der Waals surface area contributed by atoms with Gasteiger partial charge >= 0.3 is 12.1 Å². The average Bonchev–Trinajstić information content (AvgIpc) is 2.55. The first-order valence-electron chi connectivity index (χ1n) is 7.33. The SMILES string of the molecule is COC(=O)C1CC(O)CCC1NC(=O)OCc1ccccc1. The van der Waals surface area contributed by atoms with E-state index >= 15 is 0 Å². The molecule has 22 heavy (non-hydrogen) atoms. The highest BCUT2D eigenvalue weighted by Gasteiger charge is 2.36. The second kappa shape index (κ2) is 7.79. The van der Waals surface area contributed by atoms with Gasteiger partial charge in [0.15, 0.2) is 0 Å². The molecule has 0 radical (unpaired) electrons. The van der Waals surface area contributed by atoms with Crippen LogP contribution >= 0.6 is 0 Å². The van der Waals surface area contributed by atoms with Crippen LogP contribution in [0.1, 0.15) is 24.8 Å². The van der Waals surface area contributed by atoms with Gasteiger partial charge in [-0.25, -0.2) is 4.79 Å². The second-order valence-corrected chi connectivity index (χ2v) is 5.41. The van der Waals surface area contributed by atoms with Gasteiger partial charge in [-0.1, -0.05) is 30.3 Å². The smallest absolute Gasteiger partial charge is 0.407 e. The summed E-state index contributed by atoms with van der Waals surface area (Å²) in [5, 5.41) is 12.4. The van der Waals surface area contributed by atoms with Crippen molar-refractivity contribution in [3.8, 4) is 0 Å². The molecular weight excluding hydrogens is 286 g/mol. The maximum Gasteiger partial charge on any atom is 0.407 e. The Labute approximate surface area is 129 Å². The quantitative estimate of drug-likeness (QED) is 0.826.